The summed E-state index contributed by atoms with van der Waals surface area (Å²) < 4.78 is 5.94. The number of carbonyl (C=O) groups is 1. The molecule has 0 bridgehead atoms. The SMILES string of the molecule is O=C(NC1CCCCC1)c1oc(-c2ccccc2)nc1-c1ccccc1. The molecule has 0 radical (unpaired) electrons. The number of rotatable bonds is 4. The Balaban J connectivity index is 1.69. The number of oxazole rings is 1. The van der Waals surface area contributed by atoms with Crippen LogP contribution in [0.2, 0.25) is 0 Å². The van der Waals surface area contributed by atoms with Crippen molar-refractivity contribution in [3.63, 3.8) is 0 Å². The van der Waals surface area contributed by atoms with Crippen LogP contribution in [0.4, 0.5) is 0 Å². The molecule has 4 rings (SSSR count). The van der Waals surface area contributed by atoms with Gasteiger partial charge in [-0.15, -0.1) is 0 Å². The lowest BCUT2D eigenvalue weighted by molar-refractivity contribution is 0.0901. The van der Waals surface area contributed by atoms with Gasteiger partial charge in [-0.25, -0.2) is 4.98 Å². The third kappa shape index (κ3) is 3.54. The fourth-order valence-electron chi connectivity index (χ4n) is 3.47. The first-order valence-electron chi connectivity index (χ1n) is 9.24. The van der Waals surface area contributed by atoms with E-state index in [1.54, 1.807) is 0 Å². The number of nitrogens with one attached hydrogen (secondary N) is 1. The van der Waals surface area contributed by atoms with Gasteiger partial charge < -0.3 is 9.73 Å². The summed E-state index contributed by atoms with van der Waals surface area (Å²) in [6.07, 6.45) is 5.66. The van der Waals surface area contributed by atoms with E-state index >= 15 is 0 Å². The van der Waals surface area contributed by atoms with Gasteiger partial charge in [0, 0.05) is 17.2 Å². The molecule has 26 heavy (non-hydrogen) atoms. The second kappa shape index (κ2) is 7.56. The van der Waals surface area contributed by atoms with Gasteiger partial charge >= 0.3 is 0 Å². The van der Waals surface area contributed by atoms with E-state index in [1.165, 1.54) is 19.3 Å². The molecule has 1 aliphatic carbocycles. The Labute approximate surface area is 153 Å². The summed E-state index contributed by atoms with van der Waals surface area (Å²) >= 11 is 0. The van der Waals surface area contributed by atoms with E-state index in [9.17, 15) is 4.79 Å². The van der Waals surface area contributed by atoms with E-state index < -0.39 is 0 Å². The minimum atomic E-state index is -0.176. The molecule has 1 aliphatic rings. The first-order valence-corrected chi connectivity index (χ1v) is 9.24. The van der Waals surface area contributed by atoms with Crippen LogP contribution in [0.5, 0.6) is 0 Å². The molecule has 1 amide bonds. The Morgan fingerprint density at radius 3 is 2.15 bits per heavy atom. The number of nitrogens with zero attached hydrogens (tertiary/aromatic N) is 1. The normalized spacial score (nSPS) is 14.9. The van der Waals surface area contributed by atoms with Gasteiger partial charge in [-0.05, 0) is 25.0 Å². The summed E-state index contributed by atoms with van der Waals surface area (Å²) in [4.78, 5) is 17.5. The number of benzene rings is 2. The summed E-state index contributed by atoms with van der Waals surface area (Å²) in [5.41, 5.74) is 2.34. The predicted octanol–water partition coefficient (Wildman–Crippen LogP) is 5.07. The van der Waals surface area contributed by atoms with Crippen LogP contribution in [0.1, 0.15) is 42.7 Å². The van der Waals surface area contributed by atoms with E-state index in [0.29, 0.717) is 17.3 Å². The van der Waals surface area contributed by atoms with Crippen LogP contribution in [0.25, 0.3) is 22.7 Å². The van der Waals surface area contributed by atoms with Gasteiger partial charge in [0.05, 0.1) is 0 Å². The van der Waals surface area contributed by atoms with Crippen molar-refractivity contribution < 1.29 is 9.21 Å². The zero-order chi connectivity index (χ0) is 17.8. The second-order valence-electron chi connectivity index (χ2n) is 6.74. The lowest BCUT2D eigenvalue weighted by atomic mass is 9.95. The highest BCUT2D eigenvalue weighted by atomic mass is 16.4. The molecule has 4 nitrogen and oxygen atoms in total. The molecule has 0 spiro atoms. The summed E-state index contributed by atoms with van der Waals surface area (Å²) in [6, 6.07) is 19.6. The average molecular weight is 346 g/mol. The maximum absolute atomic E-state index is 12.9. The zero-order valence-corrected chi connectivity index (χ0v) is 14.7. The molecule has 1 fully saturated rings. The molecule has 132 valence electrons. The van der Waals surface area contributed by atoms with E-state index in [4.69, 9.17) is 4.42 Å². The van der Waals surface area contributed by atoms with Gasteiger partial charge in [0.1, 0.15) is 5.69 Å². The largest absolute Gasteiger partial charge is 0.430 e. The molecule has 0 unspecified atom stereocenters. The van der Waals surface area contributed by atoms with Crippen molar-refractivity contribution in [2.75, 3.05) is 0 Å². The second-order valence-corrected chi connectivity index (χ2v) is 6.74. The minimum absolute atomic E-state index is 0.176. The molecule has 0 saturated heterocycles. The molecule has 1 heterocycles. The van der Waals surface area contributed by atoms with Gasteiger partial charge in [-0.2, -0.15) is 0 Å². The molecular weight excluding hydrogens is 324 g/mol. The third-order valence-corrected chi connectivity index (χ3v) is 4.84. The lowest BCUT2D eigenvalue weighted by Gasteiger charge is -2.22. The van der Waals surface area contributed by atoms with Crippen molar-refractivity contribution in [1.29, 1.82) is 0 Å². The Hall–Kier alpha value is -2.88. The summed E-state index contributed by atoms with van der Waals surface area (Å²) in [5, 5.41) is 3.14. The topological polar surface area (TPSA) is 55.1 Å². The number of carbonyl (C=O) groups excluding carboxylic acids is 1. The van der Waals surface area contributed by atoms with Crippen LogP contribution in [0.15, 0.2) is 65.1 Å². The molecule has 2 aromatic carbocycles. The highest BCUT2D eigenvalue weighted by Crippen LogP contribution is 2.29. The number of amides is 1. The maximum Gasteiger partial charge on any atom is 0.289 e. The molecule has 0 aliphatic heterocycles. The average Bonchev–Trinajstić information content (AvgIpc) is 3.16. The summed E-state index contributed by atoms with van der Waals surface area (Å²) in [6.45, 7) is 0. The quantitative estimate of drug-likeness (QED) is 0.717. The van der Waals surface area contributed by atoms with Gasteiger partial charge in [-0.1, -0.05) is 67.8 Å². The van der Waals surface area contributed by atoms with Crippen molar-refractivity contribution in [3.05, 3.63) is 66.4 Å². The Kier molecular flexibility index (Phi) is 4.82. The molecule has 1 N–H and O–H groups in total. The summed E-state index contributed by atoms with van der Waals surface area (Å²) in [7, 11) is 0. The molecular formula is C22H22N2O2. The van der Waals surface area contributed by atoms with Crippen LogP contribution < -0.4 is 5.32 Å². The molecule has 1 saturated carbocycles. The predicted molar refractivity (Wildman–Crippen MR) is 102 cm³/mol. The first kappa shape index (κ1) is 16.6. The van der Waals surface area contributed by atoms with E-state index in [-0.39, 0.29) is 11.9 Å². The van der Waals surface area contributed by atoms with E-state index in [2.05, 4.69) is 10.3 Å². The molecule has 0 atom stereocenters. The maximum atomic E-state index is 12.9. The van der Waals surface area contributed by atoms with Crippen LogP contribution in [-0.2, 0) is 0 Å². The number of hydrogen-bond acceptors (Lipinski definition) is 3. The molecule has 1 aromatic heterocycles. The van der Waals surface area contributed by atoms with Crippen LogP contribution in [0.3, 0.4) is 0 Å². The van der Waals surface area contributed by atoms with Crippen molar-refractivity contribution >= 4 is 5.91 Å². The van der Waals surface area contributed by atoms with E-state index in [1.807, 2.05) is 60.7 Å². The monoisotopic (exact) mass is 346 g/mol. The highest BCUT2D eigenvalue weighted by molar-refractivity contribution is 5.98. The van der Waals surface area contributed by atoms with Gasteiger partial charge in [0.25, 0.3) is 5.91 Å². The van der Waals surface area contributed by atoms with Gasteiger partial charge in [0.15, 0.2) is 0 Å². The highest BCUT2D eigenvalue weighted by Gasteiger charge is 2.25. The Bertz CT molecular complexity index is 866. The van der Waals surface area contributed by atoms with Crippen LogP contribution in [0, 0.1) is 0 Å². The fourth-order valence-corrected chi connectivity index (χ4v) is 3.47. The zero-order valence-electron chi connectivity index (χ0n) is 14.7. The van der Waals surface area contributed by atoms with Gasteiger partial charge in [0.2, 0.25) is 11.7 Å². The molecule has 4 heteroatoms. The van der Waals surface area contributed by atoms with Crippen LogP contribution in [-0.4, -0.2) is 16.9 Å². The molecule has 3 aromatic rings. The Morgan fingerprint density at radius 1 is 0.885 bits per heavy atom. The van der Waals surface area contributed by atoms with Crippen molar-refractivity contribution in [1.82, 2.24) is 10.3 Å². The lowest BCUT2D eigenvalue weighted by Crippen LogP contribution is -2.36. The first-order chi connectivity index (χ1) is 12.8. The van der Waals surface area contributed by atoms with Crippen molar-refractivity contribution in [3.8, 4) is 22.7 Å². The van der Waals surface area contributed by atoms with Crippen LogP contribution >= 0.6 is 0 Å². The Morgan fingerprint density at radius 2 is 1.50 bits per heavy atom. The van der Waals surface area contributed by atoms with Crippen molar-refractivity contribution in [2.24, 2.45) is 0 Å². The minimum Gasteiger partial charge on any atom is -0.430 e. The van der Waals surface area contributed by atoms with E-state index in [0.717, 1.165) is 24.0 Å². The smallest absolute Gasteiger partial charge is 0.289 e. The number of hydrogen-bond donors (Lipinski definition) is 1. The summed E-state index contributed by atoms with van der Waals surface area (Å²) in [5.74, 6) is 0.587. The van der Waals surface area contributed by atoms with Gasteiger partial charge in [-0.3, -0.25) is 4.79 Å². The number of aromatic nitrogens is 1. The third-order valence-electron chi connectivity index (χ3n) is 4.84. The fraction of sp³-hybridized carbons (Fsp3) is 0.273. The van der Waals surface area contributed by atoms with Crippen molar-refractivity contribution in [2.45, 2.75) is 38.1 Å². The standard InChI is InChI=1S/C22H22N2O2/c25-21(23-18-14-8-3-9-15-18)20-19(16-10-4-1-5-11-16)24-22(26-20)17-12-6-2-7-13-17/h1-2,4-7,10-13,18H,3,8-9,14-15H2,(H,23,25).